The fourth-order valence-corrected chi connectivity index (χ4v) is 9.72. The molecule has 5 aromatic rings. The highest BCUT2D eigenvalue weighted by atomic mass is 16.5. The van der Waals surface area contributed by atoms with Gasteiger partial charge in [-0.2, -0.15) is 0 Å². The Balaban J connectivity index is 0.778. The van der Waals surface area contributed by atoms with Crippen molar-refractivity contribution in [1.29, 1.82) is 0 Å². The van der Waals surface area contributed by atoms with Crippen molar-refractivity contribution in [3.63, 3.8) is 0 Å². The number of benzene rings is 3. The average molecular weight is 812 g/mol. The van der Waals surface area contributed by atoms with Crippen molar-refractivity contribution in [3.05, 3.63) is 95.7 Å². The third kappa shape index (κ3) is 7.88. The minimum atomic E-state index is -0.359. The number of phenolic OH excluding ortho intramolecular Hbond substituents is 1. The molecule has 0 bridgehead atoms. The molecule has 0 unspecified atom stereocenters. The van der Waals surface area contributed by atoms with Gasteiger partial charge in [0.2, 0.25) is 5.91 Å². The molecule has 3 aromatic carbocycles. The van der Waals surface area contributed by atoms with Gasteiger partial charge in [-0.15, -0.1) is 10.2 Å². The second-order valence-corrected chi connectivity index (χ2v) is 16.9. The zero-order valence-electron chi connectivity index (χ0n) is 34.3. The number of carbonyl (C=O) groups is 3. The van der Waals surface area contributed by atoms with E-state index in [1.54, 1.807) is 23.1 Å². The van der Waals surface area contributed by atoms with Crippen LogP contribution in [-0.4, -0.2) is 106 Å². The smallest absolute Gasteiger partial charge is 0.328 e. The summed E-state index contributed by atoms with van der Waals surface area (Å²) in [6, 6.07) is 23.1. The Morgan fingerprint density at radius 3 is 2.47 bits per heavy atom. The number of nitrogens with two attached hydrogens (primary N) is 1. The van der Waals surface area contributed by atoms with Crippen molar-refractivity contribution in [2.45, 2.75) is 64.2 Å². The van der Waals surface area contributed by atoms with Crippen LogP contribution in [0.3, 0.4) is 0 Å². The van der Waals surface area contributed by atoms with Gasteiger partial charge in [-0.1, -0.05) is 24.3 Å². The first kappa shape index (κ1) is 39.5. The van der Waals surface area contributed by atoms with Crippen LogP contribution in [0, 0.1) is 12.8 Å². The zero-order valence-corrected chi connectivity index (χ0v) is 34.3. The lowest BCUT2D eigenvalue weighted by atomic mass is 9.93. The number of nitrogens with one attached hydrogen (secondary N) is 1. The third-order valence-electron chi connectivity index (χ3n) is 12.9. The number of urea groups is 1. The molecule has 14 heteroatoms. The summed E-state index contributed by atoms with van der Waals surface area (Å²) in [6.45, 7) is 10.3. The number of amides is 4. The average Bonchev–Trinajstić information content (AvgIpc) is 3.69. The van der Waals surface area contributed by atoms with E-state index in [0.29, 0.717) is 60.7 Å². The normalized spacial score (nSPS) is 21.1. The molecule has 4 fully saturated rings. The molecule has 0 spiro atoms. The SMILES string of the molecule is Cc1cc(C(=O)N2CCC(CN3CCC(n4ccc5c(N6CCC(=O)NC6=O)cccc54)CC3)CC2)ccc1[C@H]1CN(c2cc(-c3ccccc3O)nnc2N)C[C@@H](C)O1. The summed E-state index contributed by atoms with van der Waals surface area (Å²) in [5.41, 5.74) is 12.9. The van der Waals surface area contributed by atoms with Crippen LogP contribution in [0.25, 0.3) is 22.2 Å². The number of phenols is 1. The van der Waals surface area contributed by atoms with Gasteiger partial charge in [0.25, 0.3) is 5.91 Å². The quantitative estimate of drug-likeness (QED) is 0.162. The highest BCUT2D eigenvalue weighted by Gasteiger charge is 2.32. The second kappa shape index (κ2) is 16.6. The summed E-state index contributed by atoms with van der Waals surface area (Å²) < 4.78 is 8.83. The number of nitrogen functional groups attached to an aromatic ring is 1. The number of rotatable bonds is 8. The van der Waals surface area contributed by atoms with Gasteiger partial charge < -0.3 is 34.8 Å². The Kier molecular flexibility index (Phi) is 10.9. The summed E-state index contributed by atoms with van der Waals surface area (Å²) in [5, 5.41) is 22.4. The Morgan fingerprint density at radius 1 is 0.900 bits per heavy atom. The van der Waals surface area contributed by atoms with Crippen LogP contribution in [-0.2, 0) is 9.53 Å². The lowest BCUT2D eigenvalue weighted by Gasteiger charge is -2.39. The van der Waals surface area contributed by atoms with Gasteiger partial charge in [-0.25, -0.2) is 4.79 Å². The van der Waals surface area contributed by atoms with Crippen molar-refractivity contribution < 1.29 is 24.2 Å². The Morgan fingerprint density at radius 2 is 1.70 bits per heavy atom. The maximum atomic E-state index is 13.8. The largest absolute Gasteiger partial charge is 0.507 e. The van der Waals surface area contributed by atoms with Gasteiger partial charge >= 0.3 is 6.03 Å². The second-order valence-electron chi connectivity index (χ2n) is 16.9. The summed E-state index contributed by atoms with van der Waals surface area (Å²) >= 11 is 0. The van der Waals surface area contributed by atoms with Crippen molar-refractivity contribution in [1.82, 2.24) is 29.9 Å². The number of ether oxygens (including phenoxy) is 1. The van der Waals surface area contributed by atoms with Gasteiger partial charge in [0.1, 0.15) is 11.9 Å². The van der Waals surface area contributed by atoms with Crippen LogP contribution in [0.15, 0.2) is 79.0 Å². The number of aryl methyl sites for hydroxylation is 1. The van der Waals surface area contributed by atoms with Gasteiger partial charge in [-0.3, -0.25) is 19.8 Å². The van der Waals surface area contributed by atoms with Crippen molar-refractivity contribution in [2.75, 3.05) is 67.9 Å². The van der Waals surface area contributed by atoms with Crippen LogP contribution in [0.4, 0.5) is 22.0 Å². The molecule has 312 valence electrons. The van der Waals surface area contributed by atoms with E-state index in [4.69, 9.17) is 10.5 Å². The van der Waals surface area contributed by atoms with Crippen molar-refractivity contribution >= 4 is 45.9 Å². The number of nitrogens with zero attached hydrogens (tertiary/aromatic N) is 7. The van der Waals surface area contributed by atoms with Crippen LogP contribution in [0.5, 0.6) is 5.75 Å². The number of piperidine rings is 2. The maximum Gasteiger partial charge on any atom is 0.328 e. The lowest BCUT2D eigenvalue weighted by Crippen LogP contribution is -2.49. The summed E-state index contributed by atoms with van der Waals surface area (Å²) in [4.78, 5) is 46.6. The van der Waals surface area contributed by atoms with E-state index in [1.807, 2.05) is 61.2 Å². The highest BCUT2D eigenvalue weighted by Crippen LogP contribution is 2.37. The molecule has 14 nitrogen and oxygen atoms in total. The number of morpholine rings is 1. The highest BCUT2D eigenvalue weighted by molar-refractivity contribution is 6.09. The topological polar surface area (TPSA) is 162 Å². The fraction of sp³-hybridized carbons (Fsp3) is 0.413. The van der Waals surface area contributed by atoms with Crippen LogP contribution in [0.2, 0.25) is 0 Å². The molecule has 9 rings (SSSR count). The van der Waals surface area contributed by atoms with Crippen LogP contribution >= 0.6 is 0 Å². The van der Waals surface area contributed by atoms with E-state index in [1.165, 1.54) is 0 Å². The first-order chi connectivity index (χ1) is 29.1. The van der Waals surface area contributed by atoms with Gasteiger partial charge in [0.15, 0.2) is 5.82 Å². The molecule has 0 radical (unpaired) electrons. The van der Waals surface area contributed by atoms with E-state index in [-0.39, 0.29) is 35.8 Å². The van der Waals surface area contributed by atoms with E-state index < -0.39 is 0 Å². The van der Waals surface area contributed by atoms with E-state index in [9.17, 15) is 19.5 Å². The molecular formula is C46H53N9O5. The van der Waals surface area contributed by atoms with Crippen molar-refractivity contribution in [3.8, 4) is 17.0 Å². The molecule has 4 aliphatic rings. The van der Waals surface area contributed by atoms with Gasteiger partial charge in [0.05, 0.1) is 28.7 Å². The molecule has 0 aliphatic carbocycles. The molecule has 2 aromatic heterocycles. The number of fused-ring (bicyclic) bond motifs is 1. The Labute approximate surface area is 349 Å². The van der Waals surface area contributed by atoms with E-state index in [0.717, 1.165) is 91.8 Å². The van der Waals surface area contributed by atoms with E-state index >= 15 is 0 Å². The summed E-state index contributed by atoms with van der Waals surface area (Å²) in [7, 11) is 0. The molecule has 6 heterocycles. The fourth-order valence-electron chi connectivity index (χ4n) is 9.72. The minimum absolute atomic E-state index is 0.0762. The van der Waals surface area contributed by atoms with Crippen LogP contribution in [0.1, 0.15) is 72.7 Å². The number of carbonyl (C=O) groups excluding carboxylic acids is 3. The van der Waals surface area contributed by atoms with Crippen LogP contribution < -0.4 is 20.9 Å². The third-order valence-corrected chi connectivity index (χ3v) is 12.9. The number of aromatic nitrogens is 3. The minimum Gasteiger partial charge on any atom is -0.507 e. The molecule has 4 saturated heterocycles. The monoisotopic (exact) mass is 811 g/mol. The number of para-hydroxylation sites is 1. The molecule has 4 N–H and O–H groups in total. The first-order valence-corrected chi connectivity index (χ1v) is 21.2. The predicted octanol–water partition coefficient (Wildman–Crippen LogP) is 6.30. The molecular weight excluding hydrogens is 759 g/mol. The maximum absolute atomic E-state index is 13.8. The zero-order chi connectivity index (χ0) is 41.5. The molecule has 0 saturated carbocycles. The molecule has 2 atom stereocenters. The van der Waals surface area contributed by atoms with Gasteiger partial charge in [-0.05, 0) is 105 Å². The number of hydrogen-bond acceptors (Lipinski definition) is 10. The number of imide groups is 1. The number of aromatic hydroxyl groups is 1. The Bertz CT molecular complexity index is 2420. The van der Waals surface area contributed by atoms with E-state index in [2.05, 4.69) is 48.2 Å². The first-order valence-electron chi connectivity index (χ1n) is 21.2. The van der Waals surface area contributed by atoms with Crippen molar-refractivity contribution in [2.24, 2.45) is 5.92 Å². The number of hydrogen-bond donors (Lipinski definition) is 3. The predicted molar refractivity (Wildman–Crippen MR) is 231 cm³/mol. The molecule has 4 amide bonds. The molecule has 60 heavy (non-hydrogen) atoms. The summed E-state index contributed by atoms with van der Waals surface area (Å²) in [6.07, 6.45) is 6.22. The molecule has 4 aliphatic heterocycles. The standard InChI is InChI=1S/C46H53N9O5/c1-29-24-32(10-11-34(29)42-28-53(26-30(2)60-42)40-25-37(49-50-44(40)47)35-6-3-4-9-41(35)56)45(58)52-20-12-31(13-21-52)27-51-18-14-33(15-19-51)54-22-16-36-38(54)7-5-8-39(36)55-23-17-43(57)48-46(55)59/h3-11,16,22,24-25,30-31,33,42,56H,12-15,17-21,23,26-28H2,1-2H3,(H2,47,50)(H,48,57,59)/t30-,42-/m1/s1. The lowest BCUT2D eigenvalue weighted by molar-refractivity contribution is -0.120. The number of anilines is 3. The Hall–Kier alpha value is -5.99. The van der Waals surface area contributed by atoms with Gasteiger partial charge in [0, 0.05) is 87.5 Å². The number of likely N-dealkylation sites (tertiary alicyclic amines) is 2. The summed E-state index contributed by atoms with van der Waals surface area (Å²) in [5.74, 6) is 0.851.